The topological polar surface area (TPSA) is 109 Å². The Morgan fingerprint density at radius 2 is 2.15 bits per heavy atom. The number of amides is 1. The summed E-state index contributed by atoms with van der Waals surface area (Å²) in [6.07, 6.45) is 2.53. The van der Waals surface area contributed by atoms with E-state index in [0.717, 1.165) is 24.2 Å². The van der Waals surface area contributed by atoms with Crippen LogP contribution in [0.2, 0.25) is 0 Å². The number of likely N-dealkylation sites (tertiary alicyclic amines) is 1. The first kappa shape index (κ1) is 17.4. The number of aromatic nitrogens is 5. The lowest BCUT2D eigenvalue weighted by molar-refractivity contribution is -0.131. The maximum absolute atomic E-state index is 12.8. The van der Waals surface area contributed by atoms with Gasteiger partial charge >= 0.3 is 0 Å². The van der Waals surface area contributed by atoms with Crippen molar-refractivity contribution in [2.75, 3.05) is 6.54 Å². The van der Waals surface area contributed by atoms with Gasteiger partial charge in [-0.05, 0) is 33.1 Å². The summed E-state index contributed by atoms with van der Waals surface area (Å²) in [5, 5.41) is 10.7. The van der Waals surface area contributed by atoms with E-state index in [1.54, 1.807) is 6.92 Å². The van der Waals surface area contributed by atoms with Crippen molar-refractivity contribution in [1.82, 2.24) is 29.8 Å². The molecule has 1 N–H and O–H groups in total. The summed E-state index contributed by atoms with van der Waals surface area (Å²) in [5.74, 6) is -0.0271. The van der Waals surface area contributed by atoms with E-state index in [4.69, 9.17) is 0 Å². The summed E-state index contributed by atoms with van der Waals surface area (Å²) in [7, 11) is 0. The monoisotopic (exact) mass is 370 g/mol. The Morgan fingerprint density at radius 3 is 2.85 bits per heavy atom. The lowest BCUT2D eigenvalue weighted by Crippen LogP contribution is -2.32. The predicted octanol–water partition coefficient (Wildman–Crippen LogP) is 1.49. The van der Waals surface area contributed by atoms with Crippen LogP contribution in [0.3, 0.4) is 0 Å². The van der Waals surface area contributed by atoms with Crippen molar-refractivity contribution in [3.63, 3.8) is 0 Å². The molecule has 4 rings (SSSR count). The number of aryl methyl sites for hydroxylation is 2. The smallest absolute Gasteiger partial charge is 0.276 e. The molecule has 0 spiro atoms. The zero-order chi connectivity index (χ0) is 19.1. The Bertz CT molecular complexity index is 1060. The van der Waals surface area contributed by atoms with Gasteiger partial charge in [0, 0.05) is 23.9 Å². The van der Waals surface area contributed by atoms with Gasteiger partial charge in [0.1, 0.15) is 11.4 Å². The van der Waals surface area contributed by atoms with Gasteiger partial charge in [-0.3, -0.25) is 14.7 Å². The van der Waals surface area contributed by atoms with Crippen molar-refractivity contribution < 1.29 is 9.42 Å². The highest BCUT2D eigenvalue weighted by atomic mass is 16.6. The Morgan fingerprint density at radius 1 is 1.33 bits per heavy atom. The number of hydrogen-bond donors (Lipinski definition) is 1. The van der Waals surface area contributed by atoms with Gasteiger partial charge in [0.15, 0.2) is 5.65 Å². The van der Waals surface area contributed by atoms with Gasteiger partial charge in [-0.1, -0.05) is 17.2 Å². The minimum atomic E-state index is -0.107. The molecule has 9 nitrogen and oxygen atoms in total. The van der Waals surface area contributed by atoms with Gasteiger partial charge in [-0.2, -0.15) is 0 Å². The molecule has 1 saturated heterocycles. The van der Waals surface area contributed by atoms with E-state index in [2.05, 4.69) is 25.0 Å². The first-order chi connectivity index (χ1) is 13.0. The Balaban J connectivity index is 1.65. The fourth-order valence-electron chi connectivity index (χ4n) is 3.81. The van der Waals surface area contributed by atoms with Gasteiger partial charge in [0.25, 0.3) is 5.56 Å². The van der Waals surface area contributed by atoms with Crippen LogP contribution in [0.5, 0.6) is 0 Å². The molecule has 0 radical (unpaired) electrons. The maximum Gasteiger partial charge on any atom is 0.276 e. The maximum atomic E-state index is 12.8. The van der Waals surface area contributed by atoms with Crippen molar-refractivity contribution in [2.45, 2.75) is 52.5 Å². The van der Waals surface area contributed by atoms with Crippen molar-refractivity contribution in [1.29, 1.82) is 0 Å². The predicted molar refractivity (Wildman–Crippen MR) is 96.4 cm³/mol. The highest BCUT2D eigenvalue weighted by Crippen LogP contribution is 2.32. The first-order valence-corrected chi connectivity index (χ1v) is 9.18. The molecule has 4 heterocycles. The standard InChI is InChI=1S/C18H22N6O3/c1-4-12-10(2)19-16-8-14(20-24(16)18(12)26)15-6-5-7-23(15)17(25)9-13-11(3)21-27-22-13/h8,15,20H,4-7,9H2,1-3H3/t15-/m0/s1. The Hall–Kier alpha value is -2.97. The molecule has 3 aromatic rings. The van der Waals surface area contributed by atoms with E-state index in [9.17, 15) is 9.59 Å². The second kappa shape index (κ2) is 6.64. The molecule has 1 atom stereocenters. The molecule has 1 aliphatic rings. The number of hydrogen-bond acceptors (Lipinski definition) is 6. The van der Waals surface area contributed by atoms with Crippen LogP contribution in [0.4, 0.5) is 0 Å². The van der Waals surface area contributed by atoms with Gasteiger partial charge in [-0.15, -0.1) is 0 Å². The van der Waals surface area contributed by atoms with Gasteiger partial charge in [-0.25, -0.2) is 14.1 Å². The van der Waals surface area contributed by atoms with Crippen LogP contribution < -0.4 is 5.56 Å². The number of nitrogens with zero attached hydrogens (tertiary/aromatic N) is 5. The molecular weight excluding hydrogens is 348 g/mol. The largest absolute Gasteiger partial charge is 0.334 e. The molecule has 0 aromatic carbocycles. The van der Waals surface area contributed by atoms with E-state index in [-0.39, 0.29) is 23.9 Å². The van der Waals surface area contributed by atoms with Crippen molar-refractivity contribution in [2.24, 2.45) is 0 Å². The SMILES string of the molecule is CCc1c(C)nc2cc([C@@H]3CCCN3C(=O)Cc3nonc3C)[nH]n2c1=O. The van der Waals surface area contributed by atoms with Crippen LogP contribution >= 0.6 is 0 Å². The van der Waals surface area contributed by atoms with Crippen LogP contribution in [-0.2, 0) is 17.6 Å². The minimum absolute atomic E-state index is 0.0271. The second-order valence-corrected chi connectivity index (χ2v) is 6.96. The molecule has 0 unspecified atom stereocenters. The van der Waals surface area contributed by atoms with Crippen molar-refractivity contribution >= 4 is 11.6 Å². The van der Waals surface area contributed by atoms with Crippen LogP contribution in [0.15, 0.2) is 15.5 Å². The number of rotatable bonds is 4. The highest BCUT2D eigenvalue weighted by Gasteiger charge is 2.32. The third-order valence-electron chi connectivity index (χ3n) is 5.29. The lowest BCUT2D eigenvalue weighted by atomic mass is 10.1. The number of nitrogens with one attached hydrogen (secondary N) is 1. The van der Waals surface area contributed by atoms with Gasteiger partial charge in [0.2, 0.25) is 5.91 Å². The summed E-state index contributed by atoms with van der Waals surface area (Å²) in [6.45, 7) is 6.24. The molecule has 9 heteroatoms. The van der Waals surface area contributed by atoms with Gasteiger partial charge < -0.3 is 4.90 Å². The quantitative estimate of drug-likeness (QED) is 0.745. The number of fused-ring (bicyclic) bond motifs is 1. The number of aromatic amines is 1. The average molecular weight is 370 g/mol. The van der Waals surface area contributed by atoms with Crippen LogP contribution in [0, 0.1) is 13.8 Å². The zero-order valence-electron chi connectivity index (χ0n) is 15.7. The fourth-order valence-corrected chi connectivity index (χ4v) is 3.81. The molecule has 1 fully saturated rings. The normalized spacial score (nSPS) is 17.1. The second-order valence-electron chi connectivity index (χ2n) is 6.96. The van der Waals surface area contributed by atoms with E-state index in [1.807, 2.05) is 24.8 Å². The third kappa shape index (κ3) is 2.92. The molecule has 1 aliphatic heterocycles. The zero-order valence-corrected chi connectivity index (χ0v) is 15.7. The summed E-state index contributed by atoms with van der Waals surface area (Å²) in [4.78, 5) is 31.8. The first-order valence-electron chi connectivity index (χ1n) is 9.18. The minimum Gasteiger partial charge on any atom is -0.334 e. The lowest BCUT2D eigenvalue weighted by Gasteiger charge is -2.23. The summed E-state index contributed by atoms with van der Waals surface area (Å²) in [5.41, 5.74) is 3.97. The molecule has 0 aliphatic carbocycles. The van der Waals surface area contributed by atoms with E-state index in [1.165, 1.54) is 4.52 Å². The number of carbonyl (C=O) groups is 1. The molecule has 3 aromatic heterocycles. The van der Waals surface area contributed by atoms with E-state index >= 15 is 0 Å². The Labute approximate surface area is 155 Å². The van der Waals surface area contributed by atoms with E-state index in [0.29, 0.717) is 35.6 Å². The fraction of sp³-hybridized carbons (Fsp3) is 0.500. The highest BCUT2D eigenvalue weighted by molar-refractivity contribution is 5.79. The van der Waals surface area contributed by atoms with Crippen molar-refractivity contribution in [3.8, 4) is 0 Å². The molecular formula is C18H22N6O3. The molecule has 27 heavy (non-hydrogen) atoms. The van der Waals surface area contributed by atoms with Crippen LogP contribution in [-0.4, -0.2) is 42.3 Å². The van der Waals surface area contributed by atoms with Crippen LogP contribution in [0.25, 0.3) is 5.65 Å². The summed E-state index contributed by atoms with van der Waals surface area (Å²) in [6, 6.07) is 1.76. The molecule has 0 saturated carbocycles. The van der Waals surface area contributed by atoms with Gasteiger partial charge in [0.05, 0.1) is 18.2 Å². The summed E-state index contributed by atoms with van der Waals surface area (Å²) < 4.78 is 6.16. The Kier molecular flexibility index (Phi) is 4.29. The molecule has 1 amide bonds. The molecule has 142 valence electrons. The summed E-state index contributed by atoms with van der Waals surface area (Å²) >= 11 is 0. The number of H-pyrrole nitrogens is 1. The molecule has 0 bridgehead atoms. The van der Waals surface area contributed by atoms with Crippen LogP contribution in [0.1, 0.15) is 54.1 Å². The number of carbonyl (C=O) groups excluding carboxylic acids is 1. The average Bonchev–Trinajstić information content (AvgIpc) is 3.35. The van der Waals surface area contributed by atoms with Crippen molar-refractivity contribution in [3.05, 3.63) is 44.8 Å². The van der Waals surface area contributed by atoms with E-state index < -0.39 is 0 Å². The third-order valence-corrected chi connectivity index (χ3v) is 5.29.